The zero-order valence-corrected chi connectivity index (χ0v) is 16.8. The molecule has 1 aliphatic rings. The molecule has 2 aromatic rings. The summed E-state index contributed by atoms with van der Waals surface area (Å²) in [5.41, 5.74) is 6.37. The van der Waals surface area contributed by atoms with Crippen molar-refractivity contribution in [1.82, 2.24) is 19.7 Å². The zero-order valence-electron chi connectivity index (χ0n) is 14.5. The van der Waals surface area contributed by atoms with Gasteiger partial charge in [0.05, 0.1) is 10.0 Å². The SMILES string of the molecule is CCc1nc(C(=O)N2CCCCC2CN)nn1-c1c(Cl)cccc1Cl.Cl. The number of halogens is 3. The van der Waals surface area contributed by atoms with E-state index in [9.17, 15) is 4.79 Å². The van der Waals surface area contributed by atoms with E-state index >= 15 is 0 Å². The summed E-state index contributed by atoms with van der Waals surface area (Å²) < 4.78 is 1.57. The lowest BCUT2D eigenvalue weighted by atomic mass is 10.0. The lowest BCUT2D eigenvalue weighted by molar-refractivity contribution is 0.0610. The van der Waals surface area contributed by atoms with E-state index in [0.29, 0.717) is 41.1 Å². The number of piperidine rings is 1. The molecule has 0 spiro atoms. The van der Waals surface area contributed by atoms with E-state index in [1.807, 2.05) is 6.92 Å². The molecule has 0 aliphatic carbocycles. The Morgan fingerprint density at radius 3 is 2.62 bits per heavy atom. The highest BCUT2D eigenvalue weighted by atomic mass is 35.5. The predicted octanol–water partition coefficient (Wildman–Crippen LogP) is 3.51. The number of amides is 1. The summed E-state index contributed by atoms with van der Waals surface area (Å²) in [6, 6.07) is 5.28. The zero-order chi connectivity index (χ0) is 18.0. The van der Waals surface area contributed by atoms with Crippen LogP contribution < -0.4 is 5.73 Å². The third-order valence-electron chi connectivity index (χ3n) is 4.49. The Kier molecular flexibility index (Phi) is 7.29. The quantitative estimate of drug-likeness (QED) is 0.824. The molecule has 142 valence electrons. The largest absolute Gasteiger partial charge is 0.332 e. The summed E-state index contributed by atoms with van der Waals surface area (Å²) in [5, 5.41) is 5.35. The number of benzene rings is 1. The van der Waals surface area contributed by atoms with Crippen LogP contribution in [-0.4, -0.2) is 44.7 Å². The van der Waals surface area contributed by atoms with Crippen molar-refractivity contribution < 1.29 is 4.79 Å². The molecular formula is C17H22Cl3N5O. The van der Waals surface area contributed by atoms with E-state index < -0.39 is 0 Å². The molecule has 0 saturated carbocycles. The summed E-state index contributed by atoms with van der Waals surface area (Å²) >= 11 is 12.6. The fourth-order valence-corrected chi connectivity index (χ4v) is 3.73. The van der Waals surface area contributed by atoms with Crippen molar-refractivity contribution in [3.05, 3.63) is 39.9 Å². The number of likely N-dealkylation sites (tertiary alicyclic amines) is 1. The van der Waals surface area contributed by atoms with Crippen LogP contribution in [0.2, 0.25) is 10.0 Å². The van der Waals surface area contributed by atoms with Gasteiger partial charge in [-0.1, -0.05) is 36.2 Å². The van der Waals surface area contributed by atoms with Crippen LogP contribution in [0.25, 0.3) is 5.69 Å². The number of carbonyl (C=O) groups excluding carboxylic acids is 1. The van der Waals surface area contributed by atoms with E-state index in [-0.39, 0.29) is 30.2 Å². The molecule has 1 unspecified atom stereocenters. The average molecular weight is 419 g/mol. The number of nitrogens with zero attached hydrogens (tertiary/aromatic N) is 4. The monoisotopic (exact) mass is 417 g/mol. The van der Waals surface area contributed by atoms with Crippen LogP contribution in [0.3, 0.4) is 0 Å². The molecule has 2 N–H and O–H groups in total. The highest BCUT2D eigenvalue weighted by Crippen LogP contribution is 2.29. The van der Waals surface area contributed by atoms with E-state index in [2.05, 4.69) is 10.1 Å². The molecule has 26 heavy (non-hydrogen) atoms. The van der Waals surface area contributed by atoms with Crippen LogP contribution in [0.15, 0.2) is 18.2 Å². The van der Waals surface area contributed by atoms with Crippen molar-refractivity contribution in [3.63, 3.8) is 0 Å². The van der Waals surface area contributed by atoms with Crippen LogP contribution in [0.5, 0.6) is 0 Å². The predicted molar refractivity (Wildman–Crippen MR) is 106 cm³/mol. The maximum absolute atomic E-state index is 12.9. The van der Waals surface area contributed by atoms with Gasteiger partial charge >= 0.3 is 0 Å². The Morgan fingerprint density at radius 1 is 1.31 bits per heavy atom. The van der Waals surface area contributed by atoms with Crippen molar-refractivity contribution >= 4 is 41.5 Å². The first-order chi connectivity index (χ1) is 12.1. The number of hydrogen-bond acceptors (Lipinski definition) is 4. The topological polar surface area (TPSA) is 77.0 Å². The molecular weight excluding hydrogens is 397 g/mol. The summed E-state index contributed by atoms with van der Waals surface area (Å²) in [5.74, 6) is 0.611. The first-order valence-corrected chi connectivity index (χ1v) is 9.23. The molecule has 1 atom stereocenters. The van der Waals surface area contributed by atoms with Gasteiger partial charge in [-0.15, -0.1) is 17.5 Å². The lowest BCUT2D eigenvalue weighted by Gasteiger charge is -2.34. The Hall–Kier alpha value is -1.34. The van der Waals surface area contributed by atoms with Crippen molar-refractivity contribution in [3.8, 4) is 5.69 Å². The van der Waals surface area contributed by atoms with Crippen molar-refractivity contribution in [2.24, 2.45) is 5.73 Å². The van der Waals surface area contributed by atoms with E-state index in [4.69, 9.17) is 28.9 Å². The number of rotatable bonds is 4. The van der Waals surface area contributed by atoms with Crippen LogP contribution in [-0.2, 0) is 6.42 Å². The van der Waals surface area contributed by atoms with E-state index in [1.54, 1.807) is 27.8 Å². The first kappa shape index (κ1) is 21.0. The standard InChI is InChI=1S/C17H21Cl2N5O.ClH/c1-2-14-21-16(17(25)23-9-4-3-6-11(23)10-20)22-24(14)15-12(18)7-5-8-13(15)19;/h5,7-8,11H,2-4,6,9-10,20H2,1H3;1H. The Bertz CT molecular complexity index is 760. The molecule has 1 aromatic heterocycles. The molecule has 6 nitrogen and oxygen atoms in total. The summed E-state index contributed by atoms with van der Waals surface area (Å²) in [6.45, 7) is 3.08. The van der Waals surface area contributed by atoms with Gasteiger partial charge in [-0.25, -0.2) is 9.67 Å². The van der Waals surface area contributed by atoms with Crippen LogP contribution >= 0.6 is 35.6 Å². The third-order valence-corrected chi connectivity index (χ3v) is 5.10. The average Bonchev–Trinajstić information content (AvgIpc) is 3.05. The van der Waals surface area contributed by atoms with Gasteiger partial charge in [-0.3, -0.25) is 4.79 Å². The highest BCUT2D eigenvalue weighted by molar-refractivity contribution is 6.37. The second kappa shape index (κ2) is 9.04. The van der Waals surface area contributed by atoms with Gasteiger partial charge in [0, 0.05) is 25.6 Å². The van der Waals surface area contributed by atoms with Crippen molar-refractivity contribution in [2.45, 2.75) is 38.6 Å². The normalized spacial score (nSPS) is 17.1. The number of aromatic nitrogens is 3. The van der Waals surface area contributed by atoms with Crippen LogP contribution in [0.4, 0.5) is 0 Å². The lowest BCUT2D eigenvalue weighted by Crippen LogP contribution is -2.47. The van der Waals surface area contributed by atoms with Gasteiger partial charge in [-0.2, -0.15) is 0 Å². The molecule has 1 aliphatic heterocycles. The molecule has 3 rings (SSSR count). The highest BCUT2D eigenvalue weighted by Gasteiger charge is 2.30. The molecule has 0 radical (unpaired) electrons. The maximum Gasteiger partial charge on any atom is 0.293 e. The van der Waals surface area contributed by atoms with Crippen LogP contribution in [0, 0.1) is 0 Å². The van der Waals surface area contributed by atoms with Crippen molar-refractivity contribution in [2.75, 3.05) is 13.1 Å². The molecule has 1 saturated heterocycles. The minimum Gasteiger partial charge on any atom is -0.332 e. The number of aryl methyl sites for hydroxylation is 1. The van der Waals surface area contributed by atoms with Gasteiger partial charge in [0.1, 0.15) is 11.5 Å². The summed E-state index contributed by atoms with van der Waals surface area (Å²) in [4.78, 5) is 19.1. The van der Waals surface area contributed by atoms with E-state index in [1.165, 1.54) is 0 Å². The number of carbonyl (C=O) groups is 1. The second-order valence-corrected chi connectivity index (χ2v) is 6.89. The van der Waals surface area contributed by atoms with Gasteiger partial charge < -0.3 is 10.6 Å². The Balaban J connectivity index is 0.00000243. The molecule has 2 heterocycles. The second-order valence-electron chi connectivity index (χ2n) is 6.07. The van der Waals surface area contributed by atoms with Gasteiger partial charge in [0.15, 0.2) is 0 Å². The van der Waals surface area contributed by atoms with Gasteiger partial charge in [0.25, 0.3) is 5.91 Å². The fourth-order valence-electron chi connectivity index (χ4n) is 3.18. The number of hydrogen-bond donors (Lipinski definition) is 1. The summed E-state index contributed by atoms with van der Waals surface area (Å²) in [6.07, 6.45) is 3.57. The maximum atomic E-state index is 12.9. The number of nitrogens with two attached hydrogens (primary N) is 1. The third kappa shape index (κ3) is 3.98. The van der Waals surface area contributed by atoms with Gasteiger partial charge in [0.2, 0.25) is 5.82 Å². The van der Waals surface area contributed by atoms with Crippen molar-refractivity contribution in [1.29, 1.82) is 0 Å². The molecule has 0 bridgehead atoms. The van der Waals surface area contributed by atoms with E-state index in [0.717, 1.165) is 19.3 Å². The molecule has 1 aromatic carbocycles. The number of para-hydroxylation sites is 1. The van der Waals surface area contributed by atoms with Crippen LogP contribution in [0.1, 0.15) is 42.6 Å². The molecule has 9 heteroatoms. The van der Waals surface area contributed by atoms with Gasteiger partial charge in [-0.05, 0) is 31.4 Å². The molecule has 1 amide bonds. The minimum atomic E-state index is -0.188. The Labute approximate surface area is 169 Å². The first-order valence-electron chi connectivity index (χ1n) is 8.48. The minimum absolute atomic E-state index is 0. The molecule has 1 fully saturated rings. The summed E-state index contributed by atoms with van der Waals surface area (Å²) in [7, 11) is 0. The Morgan fingerprint density at radius 2 is 2.00 bits per heavy atom. The fraction of sp³-hybridized carbons (Fsp3) is 0.471. The smallest absolute Gasteiger partial charge is 0.293 e.